The molecule has 122 valence electrons. The third kappa shape index (κ3) is 4.07. The van der Waals surface area contributed by atoms with E-state index in [1.807, 2.05) is 44.7 Å². The first-order valence-corrected chi connectivity index (χ1v) is 7.95. The molecule has 1 N–H and O–H groups in total. The predicted octanol–water partition coefficient (Wildman–Crippen LogP) is 3.26. The fourth-order valence-electron chi connectivity index (χ4n) is 2.43. The normalized spacial score (nSPS) is 10.4. The van der Waals surface area contributed by atoms with Gasteiger partial charge in [-0.15, -0.1) is 0 Å². The number of pyridine rings is 1. The minimum atomic E-state index is 0.819. The molecule has 0 amide bonds. The summed E-state index contributed by atoms with van der Waals surface area (Å²) in [6, 6.07) is 14.4. The number of rotatable bonds is 6. The molecular formula is C19H21N5. The van der Waals surface area contributed by atoms with Crippen LogP contribution in [-0.2, 0) is 6.42 Å². The Kier molecular flexibility index (Phi) is 5.01. The van der Waals surface area contributed by atoms with Crippen LogP contribution in [0.25, 0.3) is 11.3 Å². The van der Waals surface area contributed by atoms with E-state index in [-0.39, 0.29) is 0 Å². The SMILES string of the molecule is CN(C)c1ccc(-c2cc(NCCc3ccncc3)ncn2)cc1. The molecule has 24 heavy (non-hydrogen) atoms. The molecule has 3 aromatic rings. The van der Waals surface area contributed by atoms with Gasteiger partial charge in [-0.25, -0.2) is 9.97 Å². The average molecular weight is 319 g/mol. The second kappa shape index (κ2) is 7.55. The van der Waals surface area contributed by atoms with Crippen LogP contribution in [0.1, 0.15) is 5.56 Å². The lowest BCUT2D eigenvalue weighted by molar-refractivity contribution is 0.994. The molecule has 5 nitrogen and oxygen atoms in total. The van der Waals surface area contributed by atoms with Gasteiger partial charge in [-0.05, 0) is 36.2 Å². The molecule has 0 unspecified atom stereocenters. The van der Waals surface area contributed by atoms with Gasteiger partial charge in [0.15, 0.2) is 0 Å². The van der Waals surface area contributed by atoms with Gasteiger partial charge in [0.25, 0.3) is 0 Å². The van der Waals surface area contributed by atoms with E-state index < -0.39 is 0 Å². The van der Waals surface area contributed by atoms with Crippen molar-refractivity contribution < 1.29 is 0 Å². The van der Waals surface area contributed by atoms with Crippen molar-refractivity contribution in [2.45, 2.75) is 6.42 Å². The molecule has 0 aliphatic carbocycles. The number of hydrogen-bond donors (Lipinski definition) is 1. The van der Waals surface area contributed by atoms with E-state index in [0.717, 1.165) is 30.0 Å². The van der Waals surface area contributed by atoms with Crippen LogP contribution in [0.15, 0.2) is 61.2 Å². The van der Waals surface area contributed by atoms with Gasteiger partial charge in [0, 0.05) is 50.4 Å². The molecule has 2 heterocycles. The number of aromatic nitrogens is 3. The van der Waals surface area contributed by atoms with E-state index in [0.29, 0.717) is 0 Å². The zero-order chi connectivity index (χ0) is 16.8. The van der Waals surface area contributed by atoms with E-state index in [4.69, 9.17) is 0 Å². The van der Waals surface area contributed by atoms with Crippen molar-refractivity contribution in [3.8, 4) is 11.3 Å². The maximum atomic E-state index is 4.38. The first-order chi connectivity index (χ1) is 11.7. The summed E-state index contributed by atoms with van der Waals surface area (Å²) in [6.07, 6.45) is 6.16. The van der Waals surface area contributed by atoms with E-state index in [2.05, 4.69) is 49.4 Å². The van der Waals surface area contributed by atoms with Crippen LogP contribution >= 0.6 is 0 Å². The van der Waals surface area contributed by atoms with Crippen molar-refractivity contribution in [2.24, 2.45) is 0 Å². The molecule has 0 bridgehead atoms. The van der Waals surface area contributed by atoms with E-state index in [9.17, 15) is 0 Å². The number of anilines is 2. The molecule has 5 heteroatoms. The first-order valence-electron chi connectivity index (χ1n) is 7.95. The largest absolute Gasteiger partial charge is 0.378 e. The monoisotopic (exact) mass is 319 g/mol. The predicted molar refractivity (Wildman–Crippen MR) is 98.2 cm³/mol. The number of benzene rings is 1. The number of nitrogens with zero attached hydrogens (tertiary/aromatic N) is 4. The molecule has 2 aromatic heterocycles. The highest BCUT2D eigenvalue weighted by molar-refractivity contribution is 5.65. The Morgan fingerprint density at radius 2 is 1.71 bits per heavy atom. The summed E-state index contributed by atoms with van der Waals surface area (Å²) in [5.74, 6) is 0.839. The summed E-state index contributed by atoms with van der Waals surface area (Å²) in [7, 11) is 4.06. The van der Waals surface area contributed by atoms with Crippen LogP contribution in [0.2, 0.25) is 0 Å². The van der Waals surface area contributed by atoms with E-state index >= 15 is 0 Å². The Labute approximate surface area is 142 Å². The highest BCUT2D eigenvalue weighted by Gasteiger charge is 2.03. The van der Waals surface area contributed by atoms with Crippen molar-refractivity contribution >= 4 is 11.5 Å². The Morgan fingerprint density at radius 1 is 0.958 bits per heavy atom. The lowest BCUT2D eigenvalue weighted by atomic mass is 10.1. The van der Waals surface area contributed by atoms with Gasteiger partial charge in [-0.2, -0.15) is 0 Å². The summed E-state index contributed by atoms with van der Waals surface area (Å²) in [5.41, 5.74) is 4.43. The topological polar surface area (TPSA) is 53.9 Å². The van der Waals surface area contributed by atoms with Gasteiger partial charge >= 0.3 is 0 Å². The molecule has 0 fully saturated rings. The van der Waals surface area contributed by atoms with E-state index in [1.54, 1.807) is 6.33 Å². The third-order valence-corrected chi connectivity index (χ3v) is 3.82. The second-order valence-electron chi connectivity index (χ2n) is 5.76. The highest BCUT2D eigenvalue weighted by atomic mass is 15.1. The lowest BCUT2D eigenvalue weighted by Crippen LogP contribution is -2.08. The smallest absolute Gasteiger partial charge is 0.129 e. The van der Waals surface area contributed by atoms with E-state index in [1.165, 1.54) is 11.3 Å². The summed E-state index contributed by atoms with van der Waals surface area (Å²) < 4.78 is 0. The summed E-state index contributed by atoms with van der Waals surface area (Å²) in [4.78, 5) is 14.8. The molecular weight excluding hydrogens is 298 g/mol. The average Bonchev–Trinajstić information content (AvgIpc) is 2.63. The molecule has 0 radical (unpaired) electrons. The Balaban J connectivity index is 1.65. The zero-order valence-corrected chi connectivity index (χ0v) is 14.0. The van der Waals surface area contributed by atoms with Crippen molar-refractivity contribution in [3.05, 3.63) is 66.7 Å². The minimum absolute atomic E-state index is 0.819. The van der Waals surface area contributed by atoms with Gasteiger partial charge in [-0.3, -0.25) is 4.98 Å². The van der Waals surface area contributed by atoms with Crippen LogP contribution in [0.3, 0.4) is 0 Å². The van der Waals surface area contributed by atoms with Crippen LogP contribution < -0.4 is 10.2 Å². The van der Waals surface area contributed by atoms with Crippen LogP contribution in [-0.4, -0.2) is 35.6 Å². The van der Waals surface area contributed by atoms with Crippen molar-refractivity contribution in [1.29, 1.82) is 0 Å². The summed E-state index contributed by atoms with van der Waals surface area (Å²) in [6.45, 7) is 0.819. The second-order valence-corrected chi connectivity index (χ2v) is 5.76. The van der Waals surface area contributed by atoms with Crippen LogP contribution in [0.4, 0.5) is 11.5 Å². The first kappa shape index (κ1) is 15.9. The minimum Gasteiger partial charge on any atom is -0.378 e. The zero-order valence-electron chi connectivity index (χ0n) is 14.0. The molecule has 0 atom stereocenters. The van der Waals surface area contributed by atoms with Crippen molar-refractivity contribution in [2.75, 3.05) is 30.9 Å². The molecule has 0 spiro atoms. The Hall–Kier alpha value is -2.95. The van der Waals surface area contributed by atoms with Crippen LogP contribution in [0, 0.1) is 0 Å². The summed E-state index contributed by atoms with van der Waals surface area (Å²) >= 11 is 0. The fraction of sp³-hybridized carbons (Fsp3) is 0.211. The highest BCUT2D eigenvalue weighted by Crippen LogP contribution is 2.21. The maximum Gasteiger partial charge on any atom is 0.129 e. The molecule has 1 aromatic carbocycles. The van der Waals surface area contributed by atoms with Gasteiger partial charge in [0.2, 0.25) is 0 Å². The summed E-state index contributed by atoms with van der Waals surface area (Å²) in [5, 5.41) is 3.35. The van der Waals surface area contributed by atoms with Gasteiger partial charge in [0.05, 0.1) is 5.69 Å². The fourth-order valence-corrected chi connectivity index (χ4v) is 2.43. The van der Waals surface area contributed by atoms with Gasteiger partial charge in [-0.1, -0.05) is 12.1 Å². The van der Waals surface area contributed by atoms with Gasteiger partial charge < -0.3 is 10.2 Å². The number of nitrogens with one attached hydrogen (secondary N) is 1. The molecule has 3 rings (SSSR count). The quantitative estimate of drug-likeness (QED) is 0.756. The van der Waals surface area contributed by atoms with Gasteiger partial charge in [0.1, 0.15) is 12.1 Å². The Bertz CT molecular complexity index is 769. The molecule has 0 saturated carbocycles. The standard InChI is InChI=1S/C19H21N5/c1-24(2)17-5-3-16(4-6-17)18-13-19(23-14-22-18)21-12-9-15-7-10-20-11-8-15/h3-8,10-11,13-14H,9,12H2,1-2H3,(H,21,22,23). The van der Waals surface area contributed by atoms with Crippen molar-refractivity contribution in [1.82, 2.24) is 15.0 Å². The molecule has 0 aliphatic rings. The lowest BCUT2D eigenvalue weighted by Gasteiger charge is -2.12. The van der Waals surface area contributed by atoms with Crippen LogP contribution in [0.5, 0.6) is 0 Å². The molecule has 0 aliphatic heterocycles. The van der Waals surface area contributed by atoms with Crippen molar-refractivity contribution in [3.63, 3.8) is 0 Å². The maximum absolute atomic E-state index is 4.38. The number of hydrogen-bond acceptors (Lipinski definition) is 5. The third-order valence-electron chi connectivity index (χ3n) is 3.82. The molecule has 0 saturated heterocycles. The Morgan fingerprint density at radius 3 is 2.42 bits per heavy atom.